The lowest BCUT2D eigenvalue weighted by Gasteiger charge is -2.24. The predicted molar refractivity (Wildman–Crippen MR) is 76.9 cm³/mol. The van der Waals surface area contributed by atoms with Gasteiger partial charge in [0.25, 0.3) is 6.10 Å². The first-order chi connectivity index (χ1) is 10.7. The molecule has 6 nitrogen and oxygen atoms in total. The maximum atomic E-state index is 12.9. The van der Waals surface area contributed by atoms with Crippen molar-refractivity contribution >= 4 is 13.8 Å². The molecule has 0 aliphatic carbocycles. The Kier molecular flexibility index (Phi) is 10.7. The van der Waals surface area contributed by atoms with Crippen molar-refractivity contribution in [2.75, 3.05) is 19.8 Å². The maximum Gasteiger partial charge on any atom is 0.475 e. The van der Waals surface area contributed by atoms with E-state index in [0.717, 1.165) is 0 Å². The van der Waals surface area contributed by atoms with E-state index in [1.807, 2.05) is 13.8 Å². The van der Waals surface area contributed by atoms with Crippen molar-refractivity contribution < 1.29 is 40.8 Å². The number of esters is 1. The molecular weight excluding hydrogens is 340 g/mol. The Balaban J connectivity index is 5.09. The summed E-state index contributed by atoms with van der Waals surface area (Å²) >= 11 is 0. The molecule has 0 N–H and O–H groups in total. The molecule has 1 unspecified atom stereocenters. The van der Waals surface area contributed by atoms with Gasteiger partial charge in [-0.05, 0) is 19.8 Å². The number of phosphoric ester groups is 1. The van der Waals surface area contributed by atoms with Gasteiger partial charge in [-0.2, -0.15) is 13.2 Å². The molecule has 0 fully saturated rings. The molecule has 0 spiro atoms. The summed E-state index contributed by atoms with van der Waals surface area (Å²) in [7, 11) is -4.53. The highest BCUT2D eigenvalue weighted by Gasteiger charge is 2.52. The van der Waals surface area contributed by atoms with Crippen LogP contribution in [0.1, 0.15) is 46.5 Å². The van der Waals surface area contributed by atoms with Crippen molar-refractivity contribution in [3.05, 3.63) is 0 Å². The van der Waals surface area contributed by atoms with Crippen LogP contribution in [0.3, 0.4) is 0 Å². The molecule has 138 valence electrons. The second-order valence-corrected chi connectivity index (χ2v) is 6.22. The number of hydrogen-bond donors (Lipinski definition) is 0. The molecule has 23 heavy (non-hydrogen) atoms. The van der Waals surface area contributed by atoms with Crippen LogP contribution in [0, 0.1) is 0 Å². The molecule has 0 bridgehead atoms. The van der Waals surface area contributed by atoms with Crippen molar-refractivity contribution in [3.8, 4) is 0 Å². The van der Waals surface area contributed by atoms with Crippen LogP contribution in [0.2, 0.25) is 0 Å². The van der Waals surface area contributed by atoms with Gasteiger partial charge < -0.3 is 4.74 Å². The molecule has 0 saturated carbocycles. The fraction of sp³-hybridized carbons (Fsp3) is 0.923. The van der Waals surface area contributed by atoms with Crippen molar-refractivity contribution in [1.29, 1.82) is 0 Å². The van der Waals surface area contributed by atoms with Crippen LogP contribution in [0.15, 0.2) is 0 Å². The molecule has 0 radical (unpaired) electrons. The van der Waals surface area contributed by atoms with E-state index in [4.69, 9.17) is 9.05 Å². The number of carbonyl (C=O) groups is 1. The summed E-state index contributed by atoms with van der Waals surface area (Å²) in [5, 5.41) is 0. The second-order valence-electron chi connectivity index (χ2n) is 4.60. The molecule has 0 aliphatic rings. The minimum atomic E-state index is -5.09. The van der Waals surface area contributed by atoms with Gasteiger partial charge in [-0.3, -0.25) is 13.6 Å². The average molecular weight is 364 g/mol. The summed E-state index contributed by atoms with van der Waals surface area (Å²) in [6.07, 6.45) is -5.84. The normalized spacial score (nSPS) is 13.8. The van der Waals surface area contributed by atoms with Gasteiger partial charge in [-0.15, -0.1) is 0 Å². The Labute approximate surface area is 134 Å². The topological polar surface area (TPSA) is 71.1 Å². The van der Waals surface area contributed by atoms with Gasteiger partial charge in [0.2, 0.25) is 0 Å². The summed E-state index contributed by atoms with van der Waals surface area (Å²) in [5.74, 6) is -1.68. The quantitative estimate of drug-likeness (QED) is 0.293. The van der Waals surface area contributed by atoms with E-state index in [1.54, 1.807) is 0 Å². The van der Waals surface area contributed by atoms with Crippen LogP contribution in [0.5, 0.6) is 0 Å². The molecule has 0 aromatic heterocycles. The number of alkyl halides is 3. The third-order valence-electron chi connectivity index (χ3n) is 2.53. The molecule has 0 saturated heterocycles. The SMILES string of the molecule is CCCCOP(=O)(OCCCC)OC(C(=O)OCC)C(F)(F)F. The molecule has 0 amide bonds. The standard InChI is InChI=1S/C13H24F3O6P/c1-4-7-9-20-23(18,21-10-8-5-2)22-11(13(14,15)16)12(17)19-6-3/h11H,4-10H2,1-3H3. The Bertz CT molecular complexity index is 374. The van der Waals surface area contributed by atoms with Crippen LogP contribution in [0.4, 0.5) is 13.2 Å². The molecule has 0 aromatic carbocycles. The van der Waals surface area contributed by atoms with E-state index >= 15 is 0 Å². The van der Waals surface area contributed by atoms with E-state index in [0.29, 0.717) is 25.7 Å². The highest BCUT2D eigenvalue weighted by Crippen LogP contribution is 2.52. The van der Waals surface area contributed by atoms with Crippen LogP contribution in [0.25, 0.3) is 0 Å². The number of ether oxygens (including phenoxy) is 1. The van der Waals surface area contributed by atoms with Gasteiger partial charge in [0.1, 0.15) is 0 Å². The largest absolute Gasteiger partial charge is 0.475 e. The number of carbonyl (C=O) groups excluding carboxylic acids is 1. The molecule has 0 heterocycles. The summed E-state index contributed by atoms with van der Waals surface area (Å²) in [6.45, 7) is 4.52. The Morgan fingerprint density at radius 1 is 1.04 bits per heavy atom. The molecule has 10 heteroatoms. The van der Waals surface area contributed by atoms with Crippen LogP contribution in [-0.2, 0) is 27.7 Å². The van der Waals surface area contributed by atoms with Gasteiger partial charge in [0.15, 0.2) is 0 Å². The van der Waals surface area contributed by atoms with Crippen molar-refractivity contribution in [1.82, 2.24) is 0 Å². The third-order valence-corrected chi connectivity index (χ3v) is 3.99. The van der Waals surface area contributed by atoms with E-state index in [1.165, 1.54) is 6.92 Å². The number of rotatable bonds is 12. The van der Waals surface area contributed by atoms with Gasteiger partial charge in [-0.25, -0.2) is 9.36 Å². The Hall–Kier alpha value is -0.630. The fourth-order valence-electron chi connectivity index (χ4n) is 1.32. The zero-order chi connectivity index (χ0) is 17.9. The van der Waals surface area contributed by atoms with Gasteiger partial charge in [0.05, 0.1) is 19.8 Å². The molecular formula is C13H24F3O6P. The Morgan fingerprint density at radius 2 is 1.52 bits per heavy atom. The molecule has 0 aliphatic heterocycles. The maximum absolute atomic E-state index is 12.9. The highest BCUT2D eigenvalue weighted by atomic mass is 31.2. The van der Waals surface area contributed by atoms with Gasteiger partial charge in [0, 0.05) is 0 Å². The van der Waals surface area contributed by atoms with E-state index < -0.39 is 26.1 Å². The molecule has 1 atom stereocenters. The van der Waals surface area contributed by atoms with Crippen molar-refractivity contribution in [3.63, 3.8) is 0 Å². The van der Waals surface area contributed by atoms with Crippen molar-refractivity contribution in [2.45, 2.75) is 58.7 Å². The first-order valence-electron chi connectivity index (χ1n) is 7.51. The molecule has 0 rings (SSSR count). The first kappa shape index (κ1) is 22.4. The summed E-state index contributed by atoms with van der Waals surface area (Å²) < 4.78 is 69.7. The zero-order valence-corrected chi connectivity index (χ0v) is 14.5. The predicted octanol–water partition coefficient (Wildman–Crippen LogP) is 4.24. The number of unbranched alkanes of at least 4 members (excludes halogenated alkanes) is 2. The van der Waals surface area contributed by atoms with Gasteiger partial charge >= 0.3 is 20.0 Å². The third kappa shape index (κ3) is 9.30. The molecule has 0 aromatic rings. The number of halogens is 3. The van der Waals surface area contributed by atoms with E-state index in [2.05, 4.69) is 9.26 Å². The highest BCUT2D eigenvalue weighted by molar-refractivity contribution is 7.48. The summed E-state index contributed by atoms with van der Waals surface area (Å²) in [5.41, 5.74) is 0. The lowest BCUT2D eigenvalue weighted by molar-refractivity contribution is -0.215. The lowest BCUT2D eigenvalue weighted by atomic mass is 10.3. The van der Waals surface area contributed by atoms with Crippen LogP contribution >= 0.6 is 7.82 Å². The lowest BCUT2D eigenvalue weighted by Crippen LogP contribution is -2.40. The second kappa shape index (κ2) is 11.0. The van der Waals surface area contributed by atoms with Gasteiger partial charge in [-0.1, -0.05) is 26.7 Å². The first-order valence-corrected chi connectivity index (χ1v) is 8.97. The summed E-state index contributed by atoms with van der Waals surface area (Å²) in [4.78, 5) is 11.4. The zero-order valence-electron chi connectivity index (χ0n) is 13.6. The van der Waals surface area contributed by atoms with Crippen LogP contribution in [-0.4, -0.2) is 38.1 Å². The Morgan fingerprint density at radius 3 is 1.87 bits per heavy atom. The van der Waals surface area contributed by atoms with E-state index in [-0.39, 0.29) is 19.8 Å². The fourth-order valence-corrected chi connectivity index (χ4v) is 2.69. The van der Waals surface area contributed by atoms with Crippen molar-refractivity contribution in [2.24, 2.45) is 0 Å². The number of phosphoric acid groups is 1. The average Bonchev–Trinajstić information content (AvgIpc) is 2.44. The number of hydrogen-bond acceptors (Lipinski definition) is 6. The minimum Gasteiger partial charge on any atom is -0.464 e. The minimum absolute atomic E-state index is 0.104. The smallest absolute Gasteiger partial charge is 0.464 e. The monoisotopic (exact) mass is 364 g/mol. The van der Waals surface area contributed by atoms with Crippen LogP contribution < -0.4 is 0 Å². The van der Waals surface area contributed by atoms with E-state index in [9.17, 15) is 22.5 Å². The summed E-state index contributed by atoms with van der Waals surface area (Å²) in [6, 6.07) is 0.